The normalized spacial score (nSPS) is 12.4. The van der Waals surface area contributed by atoms with Gasteiger partial charge in [-0.05, 0) is 96.5 Å². The van der Waals surface area contributed by atoms with E-state index in [9.17, 15) is 0 Å². The summed E-state index contributed by atoms with van der Waals surface area (Å²) in [5.74, 6) is 0. The Morgan fingerprint density at radius 2 is 1.18 bits per heavy atom. The minimum Gasteiger partial charge on any atom is -0.362 e. The van der Waals surface area contributed by atoms with E-state index in [1.807, 2.05) is 70.3 Å². The van der Waals surface area contributed by atoms with Crippen molar-refractivity contribution in [1.29, 1.82) is 0 Å². The Hall–Kier alpha value is -5.44. The smallest absolute Gasteiger partial charge is 0.0379 e. The molecule has 0 fully saturated rings. The lowest BCUT2D eigenvalue weighted by Gasteiger charge is -2.14. The molecule has 252 valence electrons. The van der Waals surface area contributed by atoms with Gasteiger partial charge in [0.25, 0.3) is 0 Å². The van der Waals surface area contributed by atoms with Crippen molar-refractivity contribution >= 4 is 17.3 Å². The lowest BCUT2D eigenvalue weighted by molar-refractivity contribution is 0.996. The van der Waals surface area contributed by atoms with Crippen molar-refractivity contribution in [3.8, 4) is 22.3 Å². The van der Waals surface area contributed by atoms with E-state index in [1.54, 1.807) is 6.08 Å². The average Bonchev–Trinajstić information content (AvgIpc) is 3.18. The van der Waals surface area contributed by atoms with Crippen LogP contribution < -0.4 is 11.1 Å². The first kappa shape index (κ1) is 39.7. The topological polar surface area (TPSA) is 38.0 Å². The first-order chi connectivity index (χ1) is 24.2. The molecular weight excluding hydrogens is 593 g/mol. The summed E-state index contributed by atoms with van der Waals surface area (Å²) in [6.45, 7) is 11.5. The molecule has 2 nitrogen and oxygen atoms in total. The van der Waals surface area contributed by atoms with Gasteiger partial charge in [0, 0.05) is 11.9 Å². The molecule has 4 aromatic carbocycles. The van der Waals surface area contributed by atoms with E-state index in [4.69, 9.17) is 0 Å². The van der Waals surface area contributed by atoms with Gasteiger partial charge in [-0.2, -0.15) is 0 Å². The summed E-state index contributed by atoms with van der Waals surface area (Å²) in [7, 11) is 1.50. The van der Waals surface area contributed by atoms with Crippen LogP contribution in [0, 0.1) is 0 Å². The highest BCUT2D eigenvalue weighted by molar-refractivity contribution is 5.81. The molecule has 0 aromatic heterocycles. The van der Waals surface area contributed by atoms with Crippen LogP contribution in [0.15, 0.2) is 188 Å². The van der Waals surface area contributed by atoms with Gasteiger partial charge in [-0.15, -0.1) is 0 Å². The number of allylic oxidation sites excluding steroid dienone is 13. The summed E-state index contributed by atoms with van der Waals surface area (Å²) >= 11 is 0. The first-order valence-corrected chi connectivity index (χ1v) is 17.2. The third-order valence-electron chi connectivity index (χ3n) is 7.33. The number of hydrogen-bond donors (Lipinski definition) is 2. The maximum Gasteiger partial charge on any atom is 0.0379 e. The van der Waals surface area contributed by atoms with Gasteiger partial charge in [0.1, 0.15) is 0 Å². The lowest BCUT2D eigenvalue weighted by atomic mass is 9.91. The molecule has 3 N–H and O–H groups in total. The van der Waals surface area contributed by atoms with Gasteiger partial charge in [0.15, 0.2) is 0 Å². The summed E-state index contributed by atoms with van der Waals surface area (Å²) in [6.07, 6.45) is 29.0. The quantitative estimate of drug-likeness (QED) is 0.168. The third-order valence-corrected chi connectivity index (χ3v) is 7.33. The Labute approximate surface area is 296 Å². The fourth-order valence-electron chi connectivity index (χ4n) is 5.04. The number of nitrogens with two attached hydrogens (primary N) is 1. The van der Waals surface area contributed by atoms with Crippen LogP contribution >= 0.6 is 0 Å². The van der Waals surface area contributed by atoms with E-state index < -0.39 is 0 Å². The largest absolute Gasteiger partial charge is 0.362 e. The maximum atomic E-state index is 4.50. The molecule has 0 saturated heterocycles. The van der Waals surface area contributed by atoms with Gasteiger partial charge in [0.05, 0.1) is 0 Å². The van der Waals surface area contributed by atoms with E-state index in [0.29, 0.717) is 0 Å². The van der Waals surface area contributed by atoms with Crippen molar-refractivity contribution < 1.29 is 0 Å². The SMILES string of the molecule is C/C=C/C=C\c1ccccc1-c1ccc(-c2ccc(C3=C(/C=C\C=C\Nc4ccccc4)CCC=C3)cc2)cc1.C=C/C=C\C.CC.CN. The van der Waals surface area contributed by atoms with Crippen LogP contribution in [0.3, 0.4) is 0 Å². The van der Waals surface area contributed by atoms with Gasteiger partial charge < -0.3 is 11.1 Å². The average molecular weight is 647 g/mol. The van der Waals surface area contributed by atoms with Crippen LogP contribution in [0.1, 0.15) is 51.7 Å². The lowest BCUT2D eigenvalue weighted by Crippen LogP contribution is -1.93. The van der Waals surface area contributed by atoms with Crippen LogP contribution in [0.4, 0.5) is 5.69 Å². The zero-order chi connectivity index (χ0) is 35.5. The maximum absolute atomic E-state index is 4.50. The molecule has 4 aromatic rings. The van der Waals surface area contributed by atoms with Gasteiger partial charge in [-0.1, -0.05) is 178 Å². The molecule has 49 heavy (non-hydrogen) atoms. The second-order valence-corrected chi connectivity index (χ2v) is 10.5. The molecule has 0 spiro atoms. The minimum atomic E-state index is 1.05. The molecule has 1 aliphatic rings. The number of hydrogen-bond acceptors (Lipinski definition) is 2. The molecule has 0 saturated carbocycles. The van der Waals surface area contributed by atoms with Gasteiger partial charge in [0.2, 0.25) is 0 Å². The van der Waals surface area contributed by atoms with Crippen LogP contribution in [0.5, 0.6) is 0 Å². The standard InChI is InChI=1S/C39H35N.C5H8.C2H6.CH5N/c1-2-3-5-14-33-15-8-10-20-38(33)35-26-22-31(23-27-35)32-24-28-36(29-25-32)39-21-11-9-16-34(39)17-12-13-30-40-37-18-6-4-7-19-37;1-3-5-4-2;2*1-2/h2-8,10-15,17-30,40H,9,16H2,1H3;3-5H,1H2,2H3;1-2H3;2H2,1H3/b3-2+,14-5-,17-12-,30-13+;5-4-;;. The molecule has 0 bridgehead atoms. The van der Waals surface area contributed by atoms with E-state index in [-0.39, 0.29) is 0 Å². The summed E-state index contributed by atoms with van der Waals surface area (Å²) in [6, 6.07) is 36.6. The van der Waals surface area contributed by atoms with Crippen molar-refractivity contribution in [1.82, 2.24) is 0 Å². The molecule has 0 aliphatic heterocycles. The second-order valence-electron chi connectivity index (χ2n) is 10.5. The monoisotopic (exact) mass is 646 g/mol. The minimum absolute atomic E-state index is 1.05. The van der Waals surface area contributed by atoms with E-state index in [0.717, 1.165) is 18.5 Å². The van der Waals surface area contributed by atoms with Crippen molar-refractivity contribution in [2.45, 2.75) is 40.5 Å². The molecule has 2 heteroatoms. The van der Waals surface area contributed by atoms with Crippen molar-refractivity contribution in [2.24, 2.45) is 5.73 Å². The fraction of sp³-hybridized carbons (Fsp3) is 0.149. The number of rotatable bonds is 10. The molecule has 5 rings (SSSR count). The molecule has 0 heterocycles. The number of para-hydroxylation sites is 1. The predicted molar refractivity (Wildman–Crippen MR) is 221 cm³/mol. The van der Waals surface area contributed by atoms with Crippen molar-refractivity contribution in [3.63, 3.8) is 0 Å². The Morgan fingerprint density at radius 1 is 0.612 bits per heavy atom. The molecule has 0 amide bonds. The zero-order valence-electron chi connectivity index (χ0n) is 30.0. The van der Waals surface area contributed by atoms with E-state index in [2.05, 4.69) is 151 Å². The predicted octanol–water partition coefficient (Wildman–Crippen LogP) is 13.2. The van der Waals surface area contributed by atoms with Gasteiger partial charge >= 0.3 is 0 Å². The number of benzene rings is 4. The molecular formula is C47H54N2. The molecule has 0 atom stereocenters. The molecule has 1 aliphatic carbocycles. The fourth-order valence-corrected chi connectivity index (χ4v) is 5.04. The van der Waals surface area contributed by atoms with E-state index >= 15 is 0 Å². The van der Waals surface area contributed by atoms with Crippen LogP contribution in [0.25, 0.3) is 33.9 Å². The zero-order valence-corrected chi connectivity index (χ0v) is 30.0. The highest BCUT2D eigenvalue weighted by atomic mass is 14.8. The highest BCUT2D eigenvalue weighted by Crippen LogP contribution is 2.32. The van der Waals surface area contributed by atoms with Crippen molar-refractivity contribution in [3.05, 3.63) is 199 Å². The second kappa shape index (κ2) is 24.7. The summed E-state index contributed by atoms with van der Waals surface area (Å²) in [5, 5.41) is 3.31. The van der Waals surface area contributed by atoms with Crippen LogP contribution in [-0.2, 0) is 0 Å². The number of anilines is 1. The summed E-state index contributed by atoms with van der Waals surface area (Å²) in [5.41, 5.74) is 15.6. The molecule has 0 radical (unpaired) electrons. The Bertz CT molecular complexity index is 1710. The van der Waals surface area contributed by atoms with Crippen LogP contribution in [0.2, 0.25) is 0 Å². The first-order valence-electron chi connectivity index (χ1n) is 17.2. The Kier molecular flexibility index (Phi) is 20.0. The third kappa shape index (κ3) is 13.7. The van der Waals surface area contributed by atoms with Gasteiger partial charge in [-0.3, -0.25) is 0 Å². The summed E-state index contributed by atoms with van der Waals surface area (Å²) in [4.78, 5) is 0. The van der Waals surface area contributed by atoms with Gasteiger partial charge in [-0.25, -0.2) is 0 Å². The molecule has 0 unspecified atom stereocenters. The van der Waals surface area contributed by atoms with Crippen LogP contribution in [-0.4, -0.2) is 7.05 Å². The summed E-state index contributed by atoms with van der Waals surface area (Å²) < 4.78 is 0. The Morgan fingerprint density at radius 3 is 1.80 bits per heavy atom. The van der Waals surface area contributed by atoms with Crippen molar-refractivity contribution in [2.75, 3.05) is 12.4 Å². The number of nitrogens with one attached hydrogen (secondary N) is 1. The highest BCUT2D eigenvalue weighted by Gasteiger charge is 2.09. The Balaban J connectivity index is 0.000000837. The van der Waals surface area contributed by atoms with E-state index in [1.165, 1.54) is 51.6 Å².